The Morgan fingerprint density at radius 3 is 2.70 bits per heavy atom. The molecule has 0 aliphatic rings. The minimum Gasteiger partial charge on any atom is -0.389 e. The highest BCUT2D eigenvalue weighted by Gasteiger charge is 2.16. The highest BCUT2D eigenvalue weighted by Crippen LogP contribution is 2.22. The van der Waals surface area contributed by atoms with Gasteiger partial charge in [-0.2, -0.15) is 0 Å². The zero-order chi connectivity index (χ0) is 15.1. The van der Waals surface area contributed by atoms with Crippen LogP contribution in [-0.4, -0.2) is 48.5 Å². The van der Waals surface area contributed by atoms with E-state index in [-0.39, 0.29) is 6.61 Å². The second-order valence-corrected chi connectivity index (χ2v) is 4.82. The largest absolute Gasteiger partial charge is 0.389 e. The fraction of sp³-hybridized carbons (Fsp3) is 0.692. The molecule has 0 radical (unpaired) electrons. The number of aliphatic hydroxyl groups excluding tert-OH is 1. The highest BCUT2D eigenvalue weighted by atomic mass is 16.5. The number of aryl methyl sites for hydroxylation is 1. The summed E-state index contributed by atoms with van der Waals surface area (Å²) >= 11 is 0. The van der Waals surface area contributed by atoms with Crippen molar-refractivity contribution in [1.29, 1.82) is 0 Å². The van der Waals surface area contributed by atoms with Crippen molar-refractivity contribution in [3.63, 3.8) is 0 Å². The number of aromatic nitrogens is 2. The molecule has 1 atom stereocenters. The molecule has 0 amide bonds. The van der Waals surface area contributed by atoms with Crippen molar-refractivity contribution < 1.29 is 9.84 Å². The first-order valence-electron chi connectivity index (χ1n) is 6.75. The van der Waals surface area contributed by atoms with Crippen LogP contribution in [0.25, 0.3) is 0 Å². The quantitative estimate of drug-likeness (QED) is 0.471. The van der Waals surface area contributed by atoms with Gasteiger partial charge in [-0.25, -0.2) is 15.8 Å². The van der Waals surface area contributed by atoms with Crippen LogP contribution in [0, 0.1) is 6.92 Å². The number of nitrogens with one attached hydrogen (secondary N) is 1. The van der Waals surface area contributed by atoms with Crippen LogP contribution >= 0.6 is 0 Å². The summed E-state index contributed by atoms with van der Waals surface area (Å²) in [7, 11) is 3.44. The van der Waals surface area contributed by atoms with Gasteiger partial charge in [-0.05, 0) is 13.3 Å². The third-order valence-corrected chi connectivity index (χ3v) is 2.98. The summed E-state index contributed by atoms with van der Waals surface area (Å²) in [6.07, 6.45) is 1.18. The molecule has 4 N–H and O–H groups in total. The summed E-state index contributed by atoms with van der Waals surface area (Å²) < 4.78 is 4.94. The van der Waals surface area contributed by atoms with Gasteiger partial charge in [0, 0.05) is 32.7 Å². The summed E-state index contributed by atoms with van der Waals surface area (Å²) in [5, 5.41) is 9.82. The van der Waals surface area contributed by atoms with Gasteiger partial charge in [0.15, 0.2) is 0 Å². The van der Waals surface area contributed by atoms with Crippen LogP contribution in [0.3, 0.4) is 0 Å². The average molecular weight is 283 g/mol. The molecule has 1 aromatic rings. The van der Waals surface area contributed by atoms with Gasteiger partial charge < -0.3 is 20.2 Å². The molecule has 0 saturated carbocycles. The molecule has 114 valence electrons. The van der Waals surface area contributed by atoms with Crippen LogP contribution in [0.4, 0.5) is 11.6 Å². The fourth-order valence-corrected chi connectivity index (χ4v) is 2.05. The van der Waals surface area contributed by atoms with E-state index < -0.39 is 6.10 Å². The van der Waals surface area contributed by atoms with Gasteiger partial charge in [-0.3, -0.25) is 0 Å². The van der Waals surface area contributed by atoms with Crippen LogP contribution in [0.1, 0.15) is 24.7 Å². The second kappa shape index (κ2) is 7.98. The number of aliphatic hydroxyl groups is 1. The Bertz CT molecular complexity index is 427. The van der Waals surface area contributed by atoms with E-state index in [0.717, 1.165) is 30.0 Å². The molecular formula is C13H25N5O2. The standard InChI is InChI=1S/C13H25N5O2/c1-5-6-11-15-12(17-14)9(2)13(16-11)18(3)7-10(19)8-20-4/h10,19H,5-8,14H2,1-4H3,(H,15,16,17). The SMILES string of the molecule is CCCc1nc(NN)c(C)c(N(C)CC(O)COC)n1. The summed E-state index contributed by atoms with van der Waals surface area (Å²) in [4.78, 5) is 10.8. The number of rotatable bonds is 8. The predicted molar refractivity (Wildman–Crippen MR) is 79.7 cm³/mol. The number of nitrogens with two attached hydrogens (primary N) is 1. The lowest BCUT2D eigenvalue weighted by Gasteiger charge is -2.24. The van der Waals surface area contributed by atoms with Crippen LogP contribution in [0.15, 0.2) is 0 Å². The predicted octanol–water partition coefficient (Wildman–Crippen LogP) is 0.467. The zero-order valence-corrected chi connectivity index (χ0v) is 12.7. The molecule has 0 aliphatic carbocycles. The van der Waals surface area contributed by atoms with Crippen molar-refractivity contribution in [2.24, 2.45) is 5.84 Å². The number of likely N-dealkylation sites (N-methyl/N-ethyl adjacent to an activating group) is 1. The molecule has 1 rings (SSSR count). The van der Waals surface area contributed by atoms with Gasteiger partial charge in [0.05, 0.1) is 12.7 Å². The molecule has 7 nitrogen and oxygen atoms in total. The van der Waals surface area contributed by atoms with Gasteiger partial charge in [-0.1, -0.05) is 6.92 Å². The molecule has 0 fully saturated rings. The second-order valence-electron chi connectivity index (χ2n) is 4.82. The maximum Gasteiger partial charge on any atom is 0.148 e. The molecule has 7 heteroatoms. The van der Waals surface area contributed by atoms with E-state index in [1.54, 1.807) is 7.11 Å². The number of anilines is 2. The number of hydrogen-bond donors (Lipinski definition) is 3. The van der Waals surface area contributed by atoms with E-state index >= 15 is 0 Å². The van der Waals surface area contributed by atoms with Gasteiger partial charge in [-0.15, -0.1) is 0 Å². The Morgan fingerprint density at radius 1 is 1.45 bits per heavy atom. The third-order valence-electron chi connectivity index (χ3n) is 2.98. The van der Waals surface area contributed by atoms with Crippen molar-refractivity contribution in [2.45, 2.75) is 32.8 Å². The highest BCUT2D eigenvalue weighted by molar-refractivity contribution is 5.57. The first-order chi connectivity index (χ1) is 9.53. The topological polar surface area (TPSA) is 96.5 Å². The van der Waals surface area contributed by atoms with Gasteiger partial charge in [0.25, 0.3) is 0 Å². The number of hydrogen-bond acceptors (Lipinski definition) is 7. The third kappa shape index (κ3) is 4.29. The Balaban J connectivity index is 2.99. The molecule has 0 aromatic carbocycles. The smallest absolute Gasteiger partial charge is 0.148 e. The van der Waals surface area contributed by atoms with Crippen molar-refractivity contribution in [2.75, 3.05) is 37.6 Å². The van der Waals surface area contributed by atoms with Crippen LogP contribution in [-0.2, 0) is 11.2 Å². The van der Waals surface area contributed by atoms with E-state index in [9.17, 15) is 5.11 Å². The molecule has 1 unspecified atom stereocenters. The van der Waals surface area contributed by atoms with Crippen molar-refractivity contribution in [1.82, 2.24) is 9.97 Å². The van der Waals surface area contributed by atoms with Crippen molar-refractivity contribution in [3.8, 4) is 0 Å². The average Bonchev–Trinajstić information content (AvgIpc) is 2.40. The molecular weight excluding hydrogens is 258 g/mol. The number of ether oxygens (including phenoxy) is 1. The number of nitrogens with zero attached hydrogens (tertiary/aromatic N) is 3. The zero-order valence-electron chi connectivity index (χ0n) is 12.7. The van der Waals surface area contributed by atoms with Gasteiger partial charge in [0.2, 0.25) is 0 Å². The molecule has 1 heterocycles. The van der Waals surface area contributed by atoms with E-state index in [4.69, 9.17) is 10.6 Å². The maximum atomic E-state index is 9.82. The molecule has 1 aromatic heterocycles. The van der Waals surface area contributed by atoms with E-state index in [0.29, 0.717) is 12.4 Å². The van der Waals surface area contributed by atoms with Crippen molar-refractivity contribution in [3.05, 3.63) is 11.4 Å². The van der Waals surface area contributed by atoms with Gasteiger partial charge >= 0.3 is 0 Å². The summed E-state index contributed by atoms with van der Waals surface area (Å²) in [6, 6.07) is 0. The summed E-state index contributed by atoms with van der Waals surface area (Å²) in [6.45, 7) is 4.70. The van der Waals surface area contributed by atoms with E-state index in [2.05, 4.69) is 22.3 Å². The first kappa shape index (κ1) is 16.6. The Labute approximate surface area is 120 Å². The van der Waals surface area contributed by atoms with Crippen LogP contribution in [0.5, 0.6) is 0 Å². The maximum absolute atomic E-state index is 9.82. The lowest BCUT2D eigenvalue weighted by molar-refractivity contribution is 0.0694. The molecule has 0 aliphatic heterocycles. The van der Waals surface area contributed by atoms with Crippen LogP contribution < -0.4 is 16.2 Å². The number of hydrazine groups is 1. The first-order valence-corrected chi connectivity index (χ1v) is 6.75. The van der Waals surface area contributed by atoms with E-state index in [1.807, 2.05) is 18.9 Å². The van der Waals surface area contributed by atoms with Gasteiger partial charge in [0.1, 0.15) is 17.5 Å². The summed E-state index contributed by atoms with van der Waals surface area (Å²) in [5.74, 6) is 7.64. The molecule has 0 bridgehead atoms. The minimum atomic E-state index is -0.566. The molecule has 0 saturated heterocycles. The van der Waals surface area contributed by atoms with E-state index in [1.165, 1.54) is 0 Å². The number of nitrogen functional groups attached to an aromatic ring is 1. The lowest BCUT2D eigenvalue weighted by atomic mass is 10.2. The fourth-order valence-electron chi connectivity index (χ4n) is 2.05. The Kier molecular flexibility index (Phi) is 6.63. The van der Waals surface area contributed by atoms with Crippen molar-refractivity contribution >= 4 is 11.6 Å². The van der Waals surface area contributed by atoms with Crippen LogP contribution in [0.2, 0.25) is 0 Å². The monoisotopic (exact) mass is 283 g/mol. The Morgan fingerprint density at radius 2 is 2.15 bits per heavy atom. The Hall–Kier alpha value is -1.44. The summed E-state index contributed by atoms with van der Waals surface area (Å²) in [5.41, 5.74) is 3.46. The minimum absolute atomic E-state index is 0.290. The molecule has 0 spiro atoms. The lowest BCUT2D eigenvalue weighted by Crippen LogP contribution is -2.33. The molecule has 20 heavy (non-hydrogen) atoms. The number of methoxy groups -OCH3 is 1. The normalized spacial score (nSPS) is 12.3.